The second-order valence-corrected chi connectivity index (χ2v) is 5.75. The molecule has 0 saturated heterocycles. The summed E-state index contributed by atoms with van der Waals surface area (Å²) < 4.78 is 2.94. The van der Waals surface area contributed by atoms with E-state index in [0.717, 1.165) is 51.4 Å². The first kappa shape index (κ1) is 15.2. The van der Waals surface area contributed by atoms with Crippen LogP contribution in [0.5, 0.6) is 0 Å². The minimum Gasteiger partial charge on any atom is -0.372 e. The Labute approximate surface area is 133 Å². The first-order valence-corrected chi connectivity index (χ1v) is 7.95. The Morgan fingerprint density at radius 1 is 1.25 bits per heavy atom. The van der Waals surface area contributed by atoms with Crippen LogP contribution in [0.15, 0.2) is 6.20 Å². The van der Waals surface area contributed by atoms with E-state index in [1.807, 2.05) is 25.0 Å². The molecule has 2 aromatic rings. The fourth-order valence-corrected chi connectivity index (χ4v) is 2.95. The number of hydrogen-bond donors (Lipinski definition) is 1. The van der Waals surface area contributed by atoms with E-state index in [2.05, 4.69) is 51.8 Å². The molecule has 6 heteroatoms. The molecule has 0 atom stereocenters. The van der Waals surface area contributed by atoms with E-state index in [0.29, 0.717) is 0 Å². The highest BCUT2D eigenvalue weighted by molar-refractivity contribution is 14.1. The van der Waals surface area contributed by atoms with E-state index in [4.69, 9.17) is 4.98 Å². The van der Waals surface area contributed by atoms with E-state index in [9.17, 15) is 0 Å². The van der Waals surface area contributed by atoms with Crippen molar-refractivity contribution in [3.63, 3.8) is 0 Å². The van der Waals surface area contributed by atoms with Gasteiger partial charge in [0, 0.05) is 20.3 Å². The van der Waals surface area contributed by atoms with Crippen LogP contribution in [0.25, 0.3) is 11.4 Å². The third-order valence-corrected chi connectivity index (χ3v) is 4.26. The first-order chi connectivity index (χ1) is 9.60. The van der Waals surface area contributed by atoms with E-state index in [-0.39, 0.29) is 0 Å². The standard InChI is InChI=1S/C14H20IN5/c1-5-7-11-12(15)14(16-3)18-13(17-11)9-8-20(4)19-10(9)6-2/h8H,5-7H2,1-4H3,(H,16,17,18). The van der Waals surface area contributed by atoms with Crippen LogP contribution in [0.3, 0.4) is 0 Å². The highest BCUT2D eigenvalue weighted by Gasteiger charge is 2.16. The van der Waals surface area contributed by atoms with Gasteiger partial charge >= 0.3 is 0 Å². The predicted octanol–water partition coefficient (Wildman–Crippen LogP) is 3.04. The maximum absolute atomic E-state index is 4.75. The van der Waals surface area contributed by atoms with E-state index in [1.54, 1.807) is 0 Å². The lowest BCUT2D eigenvalue weighted by Gasteiger charge is -2.10. The average Bonchev–Trinajstić information content (AvgIpc) is 2.82. The van der Waals surface area contributed by atoms with Crippen molar-refractivity contribution in [1.82, 2.24) is 19.7 Å². The number of nitrogens with zero attached hydrogens (tertiary/aromatic N) is 4. The Balaban J connectivity index is 2.58. The third-order valence-electron chi connectivity index (χ3n) is 3.12. The van der Waals surface area contributed by atoms with Crippen molar-refractivity contribution in [2.75, 3.05) is 12.4 Å². The molecular formula is C14H20IN5. The average molecular weight is 385 g/mol. The Morgan fingerprint density at radius 3 is 2.60 bits per heavy atom. The molecule has 0 aromatic carbocycles. The lowest BCUT2D eigenvalue weighted by molar-refractivity contribution is 0.746. The maximum atomic E-state index is 4.75. The van der Waals surface area contributed by atoms with Crippen molar-refractivity contribution < 1.29 is 0 Å². The largest absolute Gasteiger partial charge is 0.372 e. The van der Waals surface area contributed by atoms with Gasteiger partial charge in [0.1, 0.15) is 5.82 Å². The lowest BCUT2D eigenvalue weighted by Crippen LogP contribution is -2.05. The Bertz CT molecular complexity index is 606. The summed E-state index contributed by atoms with van der Waals surface area (Å²) in [5.41, 5.74) is 3.17. The molecule has 0 unspecified atom stereocenters. The molecule has 2 heterocycles. The van der Waals surface area contributed by atoms with Crippen LogP contribution in [0.4, 0.5) is 5.82 Å². The van der Waals surface area contributed by atoms with Crippen molar-refractivity contribution in [2.24, 2.45) is 7.05 Å². The first-order valence-electron chi connectivity index (χ1n) is 6.87. The number of halogens is 1. The smallest absolute Gasteiger partial charge is 0.165 e. The SMILES string of the molecule is CCCc1nc(-c2cn(C)nc2CC)nc(NC)c1I. The predicted molar refractivity (Wildman–Crippen MR) is 89.9 cm³/mol. The zero-order valence-corrected chi connectivity index (χ0v) is 14.5. The zero-order chi connectivity index (χ0) is 14.7. The topological polar surface area (TPSA) is 55.6 Å². The summed E-state index contributed by atoms with van der Waals surface area (Å²) in [6, 6.07) is 0. The Morgan fingerprint density at radius 2 is 2.00 bits per heavy atom. The third kappa shape index (κ3) is 2.94. The summed E-state index contributed by atoms with van der Waals surface area (Å²) >= 11 is 2.32. The van der Waals surface area contributed by atoms with Gasteiger partial charge in [-0.3, -0.25) is 4.68 Å². The summed E-state index contributed by atoms with van der Waals surface area (Å²) in [5.74, 6) is 1.66. The van der Waals surface area contributed by atoms with Crippen molar-refractivity contribution in [3.8, 4) is 11.4 Å². The molecule has 0 aliphatic heterocycles. The Hall–Kier alpha value is -1.18. The number of hydrogen-bond acceptors (Lipinski definition) is 4. The van der Waals surface area contributed by atoms with Crippen LogP contribution in [-0.2, 0) is 19.9 Å². The molecule has 2 rings (SSSR count). The quantitative estimate of drug-likeness (QED) is 0.804. The van der Waals surface area contributed by atoms with Gasteiger partial charge in [0.15, 0.2) is 5.82 Å². The van der Waals surface area contributed by atoms with Crippen molar-refractivity contribution in [1.29, 1.82) is 0 Å². The molecular weight excluding hydrogens is 365 g/mol. The van der Waals surface area contributed by atoms with Crippen LogP contribution < -0.4 is 5.32 Å². The van der Waals surface area contributed by atoms with E-state index in [1.165, 1.54) is 0 Å². The second kappa shape index (κ2) is 6.51. The molecule has 20 heavy (non-hydrogen) atoms. The van der Waals surface area contributed by atoms with Crippen LogP contribution >= 0.6 is 22.6 Å². The van der Waals surface area contributed by atoms with Crippen LogP contribution in [0.1, 0.15) is 31.7 Å². The van der Waals surface area contributed by atoms with Gasteiger partial charge in [-0.25, -0.2) is 9.97 Å². The van der Waals surface area contributed by atoms with Crippen LogP contribution in [-0.4, -0.2) is 26.8 Å². The van der Waals surface area contributed by atoms with Crippen LogP contribution in [0.2, 0.25) is 0 Å². The number of anilines is 1. The highest BCUT2D eigenvalue weighted by Crippen LogP contribution is 2.26. The molecule has 5 nitrogen and oxygen atoms in total. The summed E-state index contributed by atoms with van der Waals surface area (Å²) in [7, 11) is 3.83. The maximum Gasteiger partial charge on any atom is 0.165 e. The minimum atomic E-state index is 0.767. The number of nitrogens with one attached hydrogen (secondary N) is 1. The van der Waals surface area contributed by atoms with Crippen molar-refractivity contribution >= 4 is 28.4 Å². The molecule has 0 fully saturated rings. The second-order valence-electron chi connectivity index (χ2n) is 4.67. The summed E-state index contributed by atoms with van der Waals surface area (Å²) in [6.07, 6.45) is 4.91. The van der Waals surface area contributed by atoms with Gasteiger partial charge < -0.3 is 5.32 Å². The van der Waals surface area contributed by atoms with Gasteiger partial charge in [-0.15, -0.1) is 0 Å². The molecule has 0 bridgehead atoms. The fraction of sp³-hybridized carbons (Fsp3) is 0.500. The molecule has 0 aliphatic rings. The van der Waals surface area contributed by atoms with Gasteiger partial charge in [-0.2, -0.15) is 5.10 Å². The zero-order valence-electron chi connectivity index (χ0n) is 12.4. The van der Waals surface area contributed by atoms with Gasteiger partial charge in [0.05, 0.1) is 20.5 Å². The normalized spacial score (nSPS) is 10.8. The van der Waals surface area contributed by atoms with Crippen molar-refractivity contribution in [3.05, 3.63) is 21.2 Å². The molecule has 0 aliphatic carbocycles. The van der Waals surface area contributed by atoms with Gasteiger partial charge in [-0.1, -0.05) is 20.3 Å². The number of aryl methyl sites for hydroxylation is 3. The summed E-state index contributed by atoms with van der Waals surface area (Å²) in [4.78, 5) is 9.39. The lowest BCUT2D eigenvalue weighted by atomic mass is 10.2. The van der Waals surface area contributed by atoms with Crippen molar-refractivity contribution in [2.45, 2.75) is 33.1 Å². The molecule has 108 valence electrons. The molecule has 0 saturated carbocycles. The van der Waals surface area contributed by atoms with Gasteiger partial charge in [-0.05, 0) is 35.4 Å². The number of aromatic nitrogens is 4. The monoisotopic (exact) mass is 385 g/mol. The van der Waals surface area contributed by atoms with Crippen LogP contribution in [0, 0.1) is 3.57 Å². The van der Waals surface area contributed by atoms with Gasteiger partial charge in [0.2, 0.25) is 0 Å². The summed E-state index contributed by atoms with van der Waals surface area (Å²) in [5, 5.41) is 7.64. The molecule has 2 aromatic heterocycles. The summed E-state index contributed by atoms with van der Waals surface area (Å²) in [6.45, 7) is 4.27. The molecule has 1 N–H and O–H groups in total. The number of rotatable bonds is 5. The Kier molecular flexibility index (Phi) is 4.95. The molecule has 0 radical (unpaired) electrons. The minimum absolute atomic E-state index is 0.767. The van der Waals surface area contributed by atoms with Gasteiger partial charge in [0.25, 0.3) is 0 Å². The fourth-order valence-electron chi connectivity index (χ4n) is 2.16. The van der Waals surface area contributed by atoms with E-state index >= 15 is 0 Å². The molecule has 0 spiro atoms. The highest BCUT2D eigenvalue weighted by atomic mass is 127. The van der Waals surface area contributed by atoms with E-state index < -0.39 is 0 Å². The molecule has 0 amide bonds.